The van der Waals surface area contributed by atoms with Crippen LogP contribution < -0.4 is 10.5 Å². The summed E-state index contributed by atoms with van der Waals surface area (Å²) in [6, 6.07) is 5.18. The Morgan fingerprint density at radius 3 is 2.44 bits per heavy atom. The molecule has 102 valence electrons. The molecule has 0 aliphatic rings. The molecule has 0 amide bonds. The van der Waals surface area contributed by atoms with Crippen molar-refractivity contribution >= 4 is 15.7 Å². The highest BCUT2D eigenvalue weighted by Crippen LogP contribution is 2.22. The fourth-order valence-corrected chi connectivity index (χ4v) is 2.21. The minimum absolute atomic E-state index is 0.145. The van der Waals surface area contributed by atoms with Crippen molar-refractivity contribution in [3.8, 4) is 0 Å². The van der Waals surface area contributed by atoms with E-state index in [-0.39, 0.29) is 10.9 Å². The zero-order valence-corrected chi connectivity index (χ0v) is 12.2. The molecule has 0 aromatic heterocycles. The predicted molar refractivity (Wildman–Crippen MR) is 75.1 cm³/mol. The minimum Gasteiger partial charge on any atom is -0.382 e. The lowest BCUT2D eigenvalue weighted by atomic mass is 10.0. The van der Waals surface area contributed by atoms with Crippen molar-refractivity contribution < 1.29 is 8.42 Å². The van der Waals surface area contributed by atoms with Crippen LogP contribution >= 0.6 is 0 Å². The Kier molecular flexibility index (Phi) is 4.76. The Morgan fingerprint density at radius 1 is 1.33 bits per heavy atom. The lowest BCUT2D eigenvalue weighted by Crippen LogP contribution is -2.24. The van der Waals surface area contributed by atoms with Gasteiger partial charge in [0.1, 0.15) is 0 Å². The summed E-state index contributed by atoms with van der Waals surface area (Å²) >= 11 is 0. The molecule has 0 aliphatic heterocycles. The molecule has 4 nitrogen and oxygen atoms in total. The summed E-state index contributed by atoms with van der Waals surface area (Å²) in [6.07, 6.45) is 1.07. The number of sulfonamides is 1. The summed E-state index contributed by atoms with van der Waals surface area (Å²) in [4.78, 5) is 0.145. The smallest absolute Gasteiger partial charge is 0.238 e. The number of primary sulfonamides is 1. The van der Waals surface area contributed by atoms with Crippen LogP contribution in [0, 0.1) is 12.8 Å². The van der Waals surface area contributed by atoms with Crippen LogP contribution in [0.1, 0.15) is 32.8 Å². The first kappa shape index (κ1) is 15.0. The molecule has 1 rings (SSSR count). The minimum atomic E-state index is -3.64. The fourth-order valence-electron chi connectivity index (χ4n) is 1.67. The van der Waals surface area contributed by atoms with E-state index in [0.717, 1.165) is 17.7 Å². The normalized spacial score (nSPS) is 15.2. The molecule has 2 atom stereocenters. The maximum atomic E-state index is 11.3. The van der Waals surface area contributed by atoms with E-state index in [4.69, 9.17) is 5.14 Å². The lowest BCUT2D eigenvalue weighted by Gasteiger charge is -2.22. The van der Waals surface area contributed by atoms with E-state index >= 15 is 0 Å². The molecule has 1 aromatic carbocycles. The summed E-state index contributed by atoms with van der Waals surface area (Å²) in [5, 5.41) is 8.49. The Bertz CT molecular complexity index is 512. The molecule has 1 aromatic rings. The summed E-state index contributed by atoms with van der Waals surface area (Å²) in [5.41, 5.74) is 1.84. The van der Waals surface area contributed by atoms with Gasteiger partial charge >= 0.3 is 0 Å². The second kappa shape index (κ2) is 5.71. The monoisotopic (exact) mass is 270 g/mol. The van der Waals surface area contributed by atoms with Gasteiger partial charge in [-0.3, -0.25) is 0 Å². The predicted octanol–water partition coefficient (Wildman–Crippen LogP) is 2.49. The van der Waals surface area contributed by atoms with Gasteiger partial charge in [-0.2, -0.15) is 0 Å². The molecule has 0 saturated carbocycles. The van der Waals surface area contributed by atoms with E-state index in [9.17, 15) is 8.42 Å². The van der Waals surface area contributed by atoms with Gasteiger partial charge in [-0.25, -0.2) is 13.6 Å². The highest BCUT2D eigenvalue weighted by atomic mass is 32.2. The van der Waals surface area contributed by atoms with E-state index in [0.29, 0.717) is 5.92 Å². The van der Waals surface area contributed by atoms with Crippen LogP contribution in [0.3, 0.4) is 0 Å². The number of hydrogen-bond donors (Lipinski definition) is 2. The molecule has 2 unspecified atom stereocenters. The van der Waals surface area contributed by atoms with Crippen LogP contribution in [0.5, 0.6) is 0 Å². The molecule has 0 heterocycles. The zero-order valence-electron chi connectivity index (χ0n) is 11.4. The topological polar surface area (TPSA) is 72.2 Å². The molecule has 3 N–H and O–H groups in total. The number of hydrogen-bond acceptors (Lipinski definition) is 3. The number of nitrogens with two attached hydrogens (primary N) is 1. The molecular weight excluding hydrogens is 248 g/mol. The van der Waals surface area contributed by atoms with Crippen LogP contribution in [0.15, 0.2) is 23.1 Å². The first-order valence-electron chi connectivity index (χ1n) is 6.15. The molecule has 0 saturated heterocycles. The van der Waals surface area contributed by atoms with E-state index in [1.165, 1.54) is 6.07 Å². The molecule has 0 fully saturated rings. The van der Waals surface area contributed by atoms with Gasteiger partial charge in [0.25, 0.3) is 0 Å². The Morgan fingerprint density at radius 2 is 1.94 bits per heavy atom. The van der Waals surface area contributed by atoms with Crippen molar-refractivity contribution in [3.63, 3.8) is 0 Å². The van der Waals surface area contributed by atoms with Crippen molar-refractivity contribution in [3.05, 3.63) is 23.8 Å². The standard InChI is InChI=1S/C13H22N2O2S/c1-5-9(2)11(4)15-13-8-12(18(14,16)17)7-6-10(13)3/h6-9,11,15H,5H2,1-4H3,(H2,14,16,17). The van der Waals surface area contributed by atoms with Gasteiger partial charge in [0.15, 0.2) is 0 Å². The van der Waals surface area contributed by atoms with Crippen molar-refractivity contribution in [2.45, 2.75) is 45.1 Å². The second-order valence-corrected chi connectivity index (χ2v) is 6.40. The maximum absolute atomic E-state index is 11.3. The van der Waals surface area contributed by atoms with Gasteiger partial charge in [0, 0.05) is 11.7 Å². The van der Waals surface area contributed by atoms with Gasteiger partial charge in [0.2, 0.25) is 10.0 Å². The average Bonchev–Trinajstić information content (AvgIpc) is 2.29. The summed E-state index contributed by atoms with van der Waals surface area (Å²) in [7, 11) is -3.64. The number of rotatable bonds is 5. The number of benzene rings is 1. The van der Waals surface area contributed by atoms with Gasteiger partial charge in [-0.15, -0.1) is 0 Å². The van der Waals surface area contributed by atoms with Crippen molar-refractivity contribution in [2.24, 2.45) is 11.1 Å². The van der Waals surface area contributed by atoms with Gasteiger partial charge in [0.05, 0.1) is 4.90 Å². The Labute approximate surface area is 110 Å². The molecule has 0 aliphatic carbocycles. The summed E-state index contributed by atoms with van der Waals surface area (Å²) < 4.78 is 22.6. The van der Waals surface area contributed by atoms with Crippen molar-refractivity contribution in [1.29, 1.82) is 0 Å². The third-order valence-corrected chi connectivity index (χ3v) is 4.33. The van der Waals surface area contributed by atoms with E-state index in [2.05, 4.69) is 26.1 Å². The fraction of sp³-hybridized carbons (Fsp3) is 0.538. The summed E-state index contributed by atoms with van der Waals surface area (Å²) in [6.45, 7) is 8.34. The first-order chi connectivity index (χ1) is 8.25. The van der Waals surface area contributed by atoms with E-state index in [1.807, 2.05) is 6.92 Å². The molecule has 5 heteroatoms. The molecule has 18 heavy (non-hydrogen) atoms. The second-order valence-electron chi connectivity index (χ2n) is 4.84. The highest BCUT2D eigenvalue weighted by Gasteiger charge is 2.14. The summed E-state index contributed by atoms with van der Waals surface area (Å²) in [5.74, 6) is 0.516. The van der Waals surface area contributed by atoms with Crippen LogP contribution in [-0.2, 0) is 10.0 Å². The van der Waals surface area contributed by atoms with E-state index < -0.39 is 10.0 Å². The average molecular weight is 270 g/mol. The van der Waals surface area contributed by atoms with Crippen molar-refractivity contribution in [1.82, 2.24) is 0 Å². The van der Waals surface area contributed by atoms with Gasteiger partial charge in [-0.1, -0.05) is 26.3 Å². The van der Waals surface area contributed by atoms with Crippen LogP contribution in [0.4, 0.5) is 5.69 Å². The van der Waals surface area contributed by atoms with Gasteiger partial charge in [-0.05, 0) is 37.5 Å². The Hall–Kier alpha value is -1.07. The zero-order chi connectivity index (χ0) is 13.9. The third-order valence-electron chi connectivity index (χ3n) is 3.42. The van der Waals surface area contributed by atoms with Crippen LogP contribution in [0.25, 0.3) is 0 Å². The lowest BCUT2D eigenvalue weighted by molar-refractivity contribution is 0.494. The quantitative estimate of drug-likeness (QED) is 0.863. The highest BCUT2D eigenvalue weighted by molar-refractivity contribution is 7.89. The van der Waals surface area contributed by atoms with Crippen LogP contribution in [0.2, 0.25) is 0 Å². The molecule has 0 spiro atoms. The first-order valence-corrected chi connectivity index (χ1v) is 7.70. The number of aryl methyl sites for hydroxylation is 1. The SMILES string of the molecule is CCC(C)C(C)Nc1cc(S(N)(=O)=O)ccc1C. The molecule has 0 radical (unpaired) electrons. The Balaban J connectivity index is 3.02. The molecular formula is C13H22N2O2S. The number of anilines is 1. The largest absolute Gasteiger partial charge is 0.382 e. The van der Waals surface area contributed by atoms with Crippen molar-refractivity contribution in [2.75, 3.05) is 5.32 Å². The van der Waals surface area contributed by atoms with Crippen LogP contribution in [-0.4, -0.2) is 14.5 Å². The molecule has 0 bridgehead atoms. The maximum Gasteiger partial charge on any atom is 0.238 e. The number of nitrogens with one attached hydrogen (secondary N) is 1. The van der Waals surface area contributed by atoms with E-state index in [1.54, 1.807) is 12.1 Å². The van der Waals surface area contributed by atoms with Gasteiger partial charge < -0.3 is 5.32 Å². The third kappa shape index (κ3) is 3.71.